The van der Waals surface area contributed by atoms with Crippen LogP contribution in [0.25, 0.3) is 0 Å². The number of rotatable bonds is 3. The van der Waals surface area contributed by atoms with Gasteiger partial charge in [-0.05, 0) is 38.5 Å². The summed E-state index contributed by atoms with van der Waals surface area (Å²) in [5, 5.41) is 0. The molecule has 0 aromatic rings. The Morgan fingerprint density at radius 2 is 2.08 bits per heavy atom. The van der Waals surface area contributed by atoms with Crippen LogP contribution in [0.15, 0.2) is 0 Å². The van der Waals surface area contributed by atoms with Gasteiger partial charge < -0.3 is 10.5 Å². The van der Waals surface area contributed by atoms with Crippen LogP contribution in [0.3, 0.4) is 0 Å². The monoisotopic (exact) mass is 201 g/mol. The zero-order valence-corrected chi connectivity index (χ0v) is 9.32. The van der Waals surface area contributed by atoms with Gasteiger partial charge in [-0.15, -0.1) is 0 Å². The standard InChI is InChI=1S/C10H19NOS/c1-3-12-10(9(11)13)6-4-8(2)5-7-10/h8H,3-7H2,1-2H3,(H2,11,13). The fraction of sp³-hybridized carbons (Fsp3) is 0.900. The molecule has 1 fully saturated rings. The van der Waals surface area contributed by atoms with E-state index in [0.717, 1.165) is 18.8 Å². The average Bonchev–Trinajstić information content (AvgIpc) is 2.09. The quantitative estimate of drug-likeness (QED) is 0.711. The normalized spacial score (nSPS) is 34.5. The summed E-state index contributed by atoms with van der Waals surface area (Å²) in [6, 6.07) is 0. The minimum Gasteiger partial charge on any atom is -0.391 e. The van der Waals surface area contributed by atoms with Crippen molar-refractivity contribution in [1.82, 2.24) is 0 Å². The molecule has 1 aliphatic rings. The number of thiocarbonyl (C=S) groups is 1. The van der Waals surface area contributed by atoms with E-state index in [0.29, 0.717) is 11.6 Å². The maximum atomic E-state index is 5.74. The largest absolute Gasteiger partial charge is 0.391 e. The lowest BCUT2D eigenvalue weighted by atomic mass is 9.79. The Morgan fingerprint density at radius 3 is 2.46 bits per heavy atom. The van der Waals surface area contributed by atoms with E-state index >= 15 is 0 Å². The summed E-state index contributed by atoms with van der Waals surface area (Å²) in [6.07, 6.45) is 4.35. The smallest absolute Gasteiger partial charge is 0.118 e. The van der Waals surface area contributed by atoms with Crippen molar-refractivity contribution in [3.05, 3.63) is 0 Å². The highest BCUT2D eigenvalue weighted by Crippen LogP contribution is 2.34. The zero-order valence-electron chi connectivity index (χ0n) is 8.51. The van der Waals surface area contributed by atoms with Gasteiger partial charge in [-0.25, -0.2) is 0 Å². The third-order valence-electron chi connectivity index (χ3n) is 2.95. The number of hydrogen-bond acceptors (Lipinski definition) is 2. The van der Waals surface area contributed by atoms with Crippen LogP contribution in [-0.4, -0.2) is 17.2 Å². The highest BCUT2D eigenvalue weighted by Gasteiger charge is 2.37. The molecular formula is C10H19NOS. The molecule has 0 atom stereocenters. The highest BCUT2D eigenvalue weighted by molar-refractivity contribution is 7.80. The number of hydrogen-bond donors (Lipinski definition) is 1. The first-order valence-electron chi connectivity index (χ1n) is 5.04. The average molecular weight is 201 g/mol. The molecule has 0 aromatic carbocycles. The van der Waals surface area contributed by atoms with Crippen molar-refractivity contribution in [2.45, 2.75) is 45.1 Å². The minimum atomic E-state index is -0.281. The Hall–Kier alpha value is -0.150. The minimum absolute atomic E-state index is 0.281. The Bertz CT molecular complexity index is 185. The van der Waals surface area contributed by atoms with Gasteiger partial charge in [0.15, 0.2) is 0 Å². The van der Waals surface area contributed by atoms with Crippen molar-refractivity contribution < 1.29 is 4.74 Å². The maximum absolute atomic E-state index is 5.74. The molecule has 76 valence electrons. The second-order valence-electron chi connectivity index (χ2n) is 3.97. The Labute approximate surface area is 85.8 Å². The lowest BCUT2D eigenvalue weighted by Gasteiger charge is -2.38. The fourth-order valence-corrected chi connectivity index (χ4v) is 2.23. The molecule has 1 aliphatic carbocycles. The van der Waals surface area contributed by atoms with E-state index < -0.39 is 0 Å². The van der Waals surface area contributed by atoms with Crippen LogP contribution in [0.5, 0.6) is 0 Å². The van der Waals surface area contributed by atoms with Gasteiger partial charge in [0.1, 0.15) is 10.6 Å². The van der Waals surface area contributed by atoms with Crippen molar-refractivity contribution in [3.8, 4) is 0 Å². The molecule has 0 aliphatic heterocycles. The molecule has 0 spiro atoms. The summed E-state index contributed by atoms with van der Waals surface area (Å²) < 4.78 is 5.71. The molecular weight excluding hydrogens is 182 g/mol. The molecule has 2 nitrogen and oxygen atoms in total. The molecule has 0 unspecified atom stereocenters. The molecule has 0 amide bonds. The predicted octanol–water partition coefficient (Wildman–Crippen LogP) is 2.26. The van der Waals surface area contributed by atoms with Crippen LogP contribution < -0.4 is 5.73 Å². The van der Waals surface area contributed by atoms with Crippen molar-refractivity contribution >= 4 is 17.2 Å². The van der Waals surface area contributed by atoms with Crippen LogP contribution in [0.1, 0.15) is 39.5 Å². The fourth-order valence-electron chi connectivity index (χ4n) is 1.97. The molecule has 13 heavy (non-hydrogen) atoms. The summed E-state index contributed by atoms with van der Waals surface area (Å²) in [6.45, 7) is 4.97. The molecule has 0 aromatic heterocycles. The van der Waals surface area contributed by atoms with Gasteiger partial charge in [0.05, 0.1) is 0 Å². The van der Waals surface area contributed by atoms with Crippen LogP contribution in [0, 0.1) is 5.92 Å². The van der Waals surface area contributed by atoms with E-state index in [2.05, 4.69) is 6.92 Å². The summed E-state index contributed by atoms with van der Waals surface area (Å²) in [4.78, 5) is 0.543. The van der Waals surface area contributed by atoms with Gasteiger partial charge in [0, 0.05) is 6.61 Å². The lowest BCUT2D eigenvalue weighted by molar-refractivity contribution is -0.0181. The van der Waals surface area contributed by atoms with E-state index in [-0.39, 0.29) is 5.60 Å². The summed E-state index contributed by atoms with van der Waals surface area (Å²) in [7, 11) is 0. The first-order valence-corrected chi connectivity index (χ1v) is 5.45. The summed E-state index contributed by atoms with van der Waals surface area (Å²) in [5.74, 6) is 0.794. The second-order valence-corrected chi connectivity index (χ2v) is 4.41. The Morgan fingerprint density at radius 1 is 1.54 bits per heavy atom. The molecule has 2 N–H and O–H groups in total. The SMILES string of the molecule is CCOC1(C(N)=S)CCC(C)CC1. The zero-order chi connectivity index (χ0) is 9.90. The van der Waals surface area contributed by atoms with Crippen LogP contribution in [0.2, 0.25) is 0 Å². The van der Waals surface area contributed by atoms with E-state index in [1.165, 1.54) is 12.8 Å². The first-order chi connectivity index (χ1) is 6.10. The topological polar surface area (TPSA) is 35.2 Å². The van der Waals surface area contributed by atoms with E-state index in [1.54, 1.807) is 0 Å². The van der Waals surface area contributed by atoms with E-state index in [9.17, 15) is 0 Å². The molecule has 1 rings (SSSR count). The van der Waals surface area contributed by atoms with Gasteiger partial charge >= 0.3 is 0 Å². The Kier molecular flexibility index (Phi) is 3.68. The van der Waals surface area contributed by atoms with E-state index in [4.69, 9.17) is 22.7 Å². The molecule has 0 radical (unpaired) electrons. The predicted molar refractivity (Wildman–Crippen MR) is 58.8 cm³/mol. The maximum Gasteiger partial charge on any atom is 0.118 e. The van der Waals surface area contributed by atoms with Crippen molar-refractivity contribution in [1.29, 1.82) is 0 Å². The van der Waals surface area contributed by atoms with Gasteiger partial charge in [0.2, 0.25) is 0 Å². The van der Waals surface area contributed by atoms with Crippen LogP contribution in [-0.2, 0) is 4.74 Å². The molecule has 1 saturated carbocycles. The summed E-state index contributed by atoms with van der Waals surface area (Å²) in [5.41, 5.74) is 5.46. The van der Waals surface area contributed by atoms with Gasteiger partial charge in [-0.2, -0.15) is 0 Å². The van der Waals surface area contributed by atoms with Gasteiger partial charge in [-0.3, -0.25) is 0 Å². The summed E-state index contributed by atoms with van der Waals surface area (Å²) >= 11 is 5.08. The third kappa shape index (κ3) is 2.41. The molecule has 3 heteroatoms. The third-order valence-corrected chi connectivity index (χ3v) is 3.32. The Balaban J connectivity index is 2.63. The molecule has 0 bridgehead atoms. The molecule has 0 saturated heterocycles. The number of nitrogens with two attached hydrogens (primary N) is 1. The van der Waals surface area contributed by atoms with Gasteiger partial charge in [0.25, 0.3) is 0 Å². The van der Waals surface area contributed by atoms with Crippen molar-refractivity contribution in [2.75, 3.05) is 6.61 Å². The van der Waals surface area contributed by atoms with Crippen LogP contribution >= 0.6 is 12.2 Å². The highest BCUT2D eigenvalue weighted by atomic mass is 32.1. The second kappa shape index (κ2) is 4.38. The van der Waals surface area contributed by atoms with Gasteiger partial charge in [-0.1, -0.05) is 19.1 Å². The van der Waals surface area contributed by atoms with Crippen molar-refractivity contribution in [2.24, 2.45) is 11.7 Å². The lowest BCUT2D eigenvalue weighted by Crippen LogP contribution is -2.47. The van der Waals surface area contributed by atoms with Crippen molar-refractivity contribution in [3.63, 3.8) is 0 Å². The molecule has 0 heterocycles. The first kappa shape index (κ1) is 10.9. The number of ether oxygens (including phenoxy) is 1. The van der Waals surface area contributed by atoms with Crippen LogP contribution in [0.4, 0.5) is 0 Å². The van der Waals surface area contributed by atoms with E-state index in [1.807, 2.05) is 6.92 Å².